The molecule has 2 N–H and O–H groups in total. The molecule has 0 aliphatic carbocycles. The highest BCUT2D eigenvalue weighted by Crippen LogP contribution is 2.22. The molecule has 1 aliphatic heterocycles. The van der Waals surface area contributed by atoms with E-state index in [0.29, 0.717) is 13.0 Å². The minimum Gasteiger partial charge on any atom is -0.389 e. The van der Waals surface area contributed by atoms with Crippen molar-refractivity contribution in [3.8, 4) is 0 Å². The molecule has 26 heavy (non-hydrogen) atoms. The predicted molar refractivity (Wildman–Crippen MR) is 99.1 cm³/mol. The highest BCUT2D eigenvalue weighted by Gasteiger charge is 2.28. The summed E-state index contributed by atoms with van der Waals surface area (Å²) in [4.78, 5) is 14.4. The summed E-state index contributed by atoms with van der Waals surface area (Å²) in [5.74, 6) is -0.239. The lowest BCUT2D eigenvalue weighted by molar-refractivity contribution is 0.191. The fraction of sp³-hybridized carbons (Fsp3) is 0.381. The van der Waals surface area contributed by atoms with Crippen LogP contribution in [0.2, 0.25) is 0 Å². The summed E-state index contributed by atoms with van der Waals surface area (Å²) >= 11 is 0. The molecule has 1 fully saturated rings. The molecule has 2 amide bonds. The first-order chi connectivity index (χ1) is 12.5. The van der Waals surface area contributed by atoms with Crippen LogP contribution in [0.15, 0.2) is 48.5 Å². The van der Waals surface area contributed by atoms with Gasteiger partial charge in [-0.2, -0.15) is 0 Å². The van der Waals surface area contributed by atoms with Crippen LogP contribution in [0.5, 0.6) is 0 Å². The first kappa shape index (κ1) is 18.4. The number of aliphatic hydroxyl groups excluding tert-OH is 1. The second-order valence-electron chi connectivity index (χ2n) is 6.90. The second kappa shape index (κ2) is 8.32. The lowest BCUT2D eigenvalue weighted by Gasteiger charge is -2.25. The molecule has 2 unspecified atom stereocenters. The van der Waals surface area contributed by atoms with E-state index >= 15 is 0 Å². The van der Waals surface area contributed by atoms with Crippen LogP contribution in [0.3, 0.4) is 0 Å². The summed E-state index contributed by atoms with van der Waals surface area (Å²) in [5.41, 5.74) is 2.77. The van der Waals surface area contributed by atoms with Crippen molar-refractivity contribution in [2.24, 2.45) is 0 Å². The number of carbonyl (C=O) groups excluding carboxylic acids is 1. The molecule has 4 nitrogen and oxygen atoms in total. The van der Waals surface area contributed by atoms with Gasteiger partial charge in [0.25, 0.3) is 0 Å². The molecule has 1 saturated heterocycles. The standard InChI is InChI=1S/C21H25FN2O2/c1-15(25)18-9-7-16(8-10-18)14-23-21(26)24-11-3-6-20(24)13-17-4-2-5-19(22)12-17/h2,4-5,7-10,12,15,20,25H,3,6,11,13-14H2,1H3,(H,23,26). The molecule has 0 saturated carbocycles. The molecular formula is C21H25FN2O2. The van der Waals surface area contributed by atoms with Gasteiger partial charge in [0, 0.05) is 19.1 Å². The monoisotopic (exact) mass is 356 g/mol. The molecule has 2 aromatic carbocycles. The Morgan fingerprint density at radius 1 is 1.27 bits per heavy atom. The third-order valence-corrected chi connectivity index (χ3v) is 4.90. The van der Waals surface area contributed by atoms with Crippen LogP contribution in [0.1, 0.15) is 42.6 Å². The Morgan fingerprint density at radius 2 is 2.04 bits per heavy atom. The number of rotatable bonds is 5. The van der Waals surface area contributed by atoms with E-state index in [1.807, 2.05) is 35.2 Å². The summed E-state index contributed by atoms with van der Waals surface area (Å²) in [6, 6.07) is 14.2. The van der Waals surface area contributed by atoms with Gasteiger partial charge in [0.15, 0.2) is 0 Å². The SMILES string of the molecule is CC(O)c1ccc(CNC(=O)N2CCCC2Cc2cccc(F)c2)cc1. The summed E-state index contributed by atoms with van der Waals surface area (Å²) in [7, 11) is 0. The van der Waals surface area contributed by atoms with Gasteiger partial charge < -0.3 is 15.3 Å². The first-order valence-electron chi connectivity index (χ1n) is 9.09. The molecule has 1 heterocycles. The van der Waals surface area contributed by atoms with Gasteiger partial charge in [0.1, 0.15) is 5.82 Å². The van der Waals surface area contributed by atoms with Crippen LogP contribution in [-0.4, -0.2) is 28.6 Å². The Bertz CT molecular complexity index is 746. The van der Waals surface area contributed by atoms with Gasteiger partial charge in [-0.1, -0.05) is 36.4 Å². The minimum absolute atomic E-state index is 0.0801. The zero-order valence-corrected chi connectivity index (χ0v) is 15.0. The number of hydrogen-bond acceptors (Lipinski definition) is 2. The molecule has 0 bridgehead atoms. The average molecular weight is 356 g/mol. The number of likely N-dealkylation sites (tertiary alicyclic amines) is 1. The number of halogens is 1. The first-order valence-corrected chi connectivity index (χ1v) is 9.09. The fourth-order valence-corrected chi connectivity index (χ4v) is 3.44. The van der Waals surface area contributed by atoms with Crippen LogP contribution in [0.4, 0.5) is 9.18 Å². The zero-order chi connectivity index (χ0) is 18.5. The van der Waals surface area contributed by atoms with Crippen molar-refractivity contribution in [2.75, 3.05) is 6.54 Å². The summed E-state index contributed by atoms with van der Waals surface area (Å²) < 4.78 is 13.4. The number of nitrogens with one attached hydrogen (secondary N) is 1. The molecule has 138 valence electrons. The van der Waals surface area contributed by atoms with Gasteiger partial charge in [-0.25, -0.2) is 9.18 Å². The van der Waals surface area contributed by atoms with Gasteiger partial charge in [-0.15, -0.1) is 0 Å². The normalized spacial score (nSPS) is 18.0. The molecule has 0 spiro atoms. The average Bonchev–Trinajstić information content (AvgIpc) is 3.08. The molecule has 0 aromatic heterocycles. The van der Waals surface area contributed by atoms with E-state index in [1.54, 1.807) is 13.0 Å². The fourth-order valence-electron chi connectivity index (χ4n) is 3.44. The predicted octanol–water partition coefficient (Wildman–Crippen LogP) is 3.80. The van der Waals surface area contributed by atoms with E-state index in [2.05, 4.69) is 5.32 Å². The summed E-state index contributed by atoms with van der Waals surface area (Å²) in [5, 5.41) is 12.5. The van der Waals surface area contributed by atoms with E-state index in [0.717, 1.165) is 36.1 Å². The number of urea groups is 1. The molecule has 3 rings (SSSR count). The van der Waals surface area contributed by atoms with Crippen LogP contribution >= 0.6 is 0 Å². The Morgan fingerprint density at radius 3 is 2.73 bits per heavy atom. The van der Waals surface area contributed by atoms with Gasteiger partial charge >= 0.3 is 6.03 Å². The molecule has 0 radical (unpaired) electrons. The van der Waals surface area contributed by atoms with Crippen molar-refractivity contribution in [3.05, 3.63) is 71.0 Å². The van der Waals surface area contributed by atoms with Crippen molar-refractivity contribution >= 4 is 6.03 Å². The van der Waals surface area contributed by atoms with E-state index in [9.17, 15) is 14.3 Å². The minimum atomic E-state index is -0.494. The quantitative estimate of drug-likeness (QED) is 0.856. The Hall–Kier alpha value is -2.40. The number of carbonyl (C=O) groups is 1. The highest BCUT2D eigenvalue weighted by atomic mass is 19.1. The maximum Gasteiger partial charge on any atom is 0.317 e. The number of benzene rings is 2. The maximum atomic E-state index is 13.4. The van der Waals surface area contributed by atoms with Crippen LogP contribution in [0, 0.1) is 5.82 Å². The highest BCUT2D eigenvalue weighted by molar-refractivity contribution is 5.74. The topological polar surface area (TPSA) is 52.6 Å². The molecule has 2 aromatic rings. The maximum absolute atomic E-state index is 13.4. The lowest BCUT2D eigenvalue weighted by atomic mass is 10.0. The molecule has 5 heteroatoms. The Labute approximate surface area is 153 Å². The molecule has 2 atom stereocenters. The zero-order valence-electron chi connectivity index (χ0n) is 15.0. The van der Waals surface area contributed by atoms with E-state index in [4.69, 9.17) is 0 Å². The molecular weight excluding hydrogens is 331 g/mol. The lowest BCUT2D eigenvalue weighted by Crippen LogP contribution is -2.43. The molecule has 1 aliphatic rings. The third-order valence-electron chi connectivity index (χ3n) is 4.90. The van der Waals surface area contributed by atoms with Gasteiger partial charge in [-0.05, 0) is 55.0 Å². The van der Waals surface area contributed by atoms with Crippen LogP contribution in [-0.2, 0) is 13.0 Å². The number of hydrogen-bond donors (Lipinski definition) is 2. The van der Waals surface area contributed by atoms with Crippen molar-refractivity contribution in [2.45, 2.75) is 44.9 Å². The number of amides is 2. The number of aliphatic hydroxyl groups is 1. The smallest absolute Gasteiger partial charge is 0.317 e. The number of nitrogens with zero attached hydrogens (tertiary/aromatic N) is 1. The van der Waals surface area contributed by atoms with E-state index < -0.39 is 6.10 Å². The van der Waals surface area contributed by atoms with Crippen molar-refractivity contribution in [1.29, 1.82) is 0 Å². The largest absolute Gasteiger partial charge is 0.389 e. The van der Waals surface area contributed by atoms with Gasteiger partial charge in [0.05, 0.1) is 6.10 Å². The van der Waals surface area contributed by atoms with Crippen molar-refractivity contribution < 1.29 is 14.3 Å². The van der Waals surface area contributed by atoms with Gasteiger partial charge in [0.2, 0.25) is 0 Å². The van der Waals surface area contributed by atoms with Crippen molar-refractivity contribution in [1.82, 2.24) is 10.2 Å². The Balaban J connectivity index is 1.56. The third kappa shape index (κ3) is 4.61. The summed E-state index contributed by atoms with van der Waals surface area (Å²) in [6.07, 6.45) is 2.09. The van der Waals surface area contributed by atoms with E-state index in [1.165, 1.54) is 12.1 Å². The van der Waals surface area contributed by atoms with Crippen LogP contribution < -0.4 is 5.32 Å². The van der Waals surface area contributed by atoms with Crippen molar-refractivity contribution in [3.63, 3.8) is 0 Å². The second-order valence-corrected chi connectivity index (χ2v) is 6.90. The van der Waals surface area contributed by atoms with Crippen LogP contribution in [0.25, 0.3) is 0 Å². The Kier molecular flexibility index (Phi) is 5.89. The van der Waals surface area contributed by atoms with Gasteiger partial charge in [-0.3, -0.25) is 0 Å². The van der Waals surface area contributed by atoms with E-state index in [-0.39, 0.29) is 17.9 Å². The summed E-state index contributed by atoms with van der Waals surface area (Å²) in [6.45, 7) is 2.90.